The molecule has 2 aliphatic heterocycles. The number of nitrogens with zero attached hydrogens (tertiary/aromatic N) is 2. The third-order valence-corrected chi connectivity index (χ3v) is 5.19. The Morgan fingerprint density at radius 2 is 2.00 bits per heavy atom. The predicted molar refractivity (Wildman–Crippen MR) is 77.8 cm³/mol. The molecule has 2 saturated heterocycles. The van der Waals surface area contributed by atoms with Gasteiger partial charge >= 0.3 is 12.0 Å². The number of nitrogens with one attached hydrogen (secondary N) is 1. The van der Waals surface area contributed by atoms with Crippen LogP contribution in [0.2, 0.25) is 0 Å². The van der Waals surface area contributed by atoms with Gasteiger partial charge in [-0.1, -0.05) is 0 Å². The fourth-order valence-electron chi connectivity index (χ4n) is 2.09. The van der Waals surface area contributed by atoms with E-state index in [-0.39, 0.29) is 6.03 Å². The first-order valence-electron chi connectivity index (χ1n) is 6.33. The molecule has 0 aliphatic carbocycles. The topological polar surface area (TPSA) is 72.9 Å². The van der Waals surface area contributed by atoms with E-state index >= 15 is 0 Å². The fourth-order valence-corrected chi connectivity index (χ4v) is 4.22. The van der Waals surface area contributed by atoms with E-state index in [0.717, 1.165) is 31.1 Å². The molecule has 1 atom stereocenters. The standard InChI is InChI=1S/C11H19N3O3S2/c15-10(16)9-7-19-8-14(9)11(17)12-1-2-13-3-5-18-6-4-13/h9H,1-8H2,(H,12,17)(H,15,16). The van der Waals surface area contributed by atoms with Crippen LogP contribution in [0, 0.1) is 0 Å². The van der Waals surface area contributed by atoms with Gasteiger partial charge in [0.05, 0.1) is 5.88 Å². The average Bonchev–Trinajstić information content (AvgIpc) is 2.89. The second-order valence-corrected chi connectivity index (χ2v) is 6.73. The zero-order valence-electron chi connectivity index (χ0n) is 10.7. The number of carbonyl (C=O) groups excluding carboxylic acids is 1. The number of aliphatic carboxylic acids is 1. The normalized spacial score (nSPS) is 24.4. The van der Waals surface area contributed by atoms with Crippen LogP contribution < -0.4 is 5.32 Å². The van der Waals surface area contributed by atoms with Crippen LogP contribution in [-0.4, -0.2) is 82.3 Å². The van der Waals surface area contributed by atoms with Gasteiger partial charge in [-0.2, -0.15) is 11.8 Å². The van der Waals surface area contributed by atoms with Gasteiger partial charge < -0.3 is 15.3 Å². The molecule has 2 heterocycles. The van der Waals surface area contributed by atoms with E-state index in [9.17, 15) is 9.59 Å². The van der Waals surface area contributed by atoms with Crippen molar-refractivity contribution >= 4 is 35.5 Å². The fraction of sp³-hybridized carbons (Fsp3) is 0.818. The number of hydrogen-bond acceptors (Lipinski definition) is 5. The zero-order valence-corrected chi connectivity index (χ0v) is 12.3. The molecule has 0 radical (unpaired) electrons. The molecule has 2 N–H and O–H groups in total. The van der Waals surface area contributed by atoms with Crippen molar-refractivity contribution in [3.63, 3.8) is 0 Å². The quantitative estimate of drug-likeness (QED) is 0.773. The molecule has 2 aliphatic rings. The van der Waals surface area contributed by atoms with Gasteiger partial charge in [0, 0.05) is 43.4 Å². The van der Waals surface area contributed by atoms with Crippen LogP contribution in [0.5, 0.6) is 0 Å². The third-order valence-electron chi connectivity index (χ3n) is 3.24. The van der Waals surface area contributed by atoms with Crippen LogP contribution in [0.15, 0.2) is 0 Å². The summed E-state index contributed by atoms with van der Waals surface area (Å²) in [7, 11) is 0. The molecule has 0 aromatic carbocycles. The highest BCUT2D eigenvalue weighted by atomic mass is 32.2. The summed E-state index contributed by atoms with van der Waals surface area (Å²) in [6, 6.07) is -0.944. The van der Waals surface area contributed by atoms with Crippen molar-refractivity contribution in [2.75, 3.05) is 49.3 Å². The van der Waals surface area contributed by atoms with Crippen LogP contribution >= 0.6 is 23.5 Å². The summed E-state index contributed by atoms with van der Waals surface area (Å²) in [5, 5.41) is 11.8. The molecule has 2 rings (SSSR count). The first-order chi connectivity index (χ1) is 9.18. The van der Waals surface area contributed by atoms with Crippen molar-refractivity contribution in [1.29, 1.82) is 0 Å². The smallest absolute Gasteiger partial charge is 0.327 e. The van der Waals surface area contributed by atoms with Crippen LogP contribution in [0.4, 0.5) is 4.79 Å². The molecule has 0 aromatic rings. The maximum Gasteiger partial charge on any atom is 0.327 e. The van der Waals surface area contributed by atoms with E-state index in [2.05, 4.69) is 10.2 Å². The Labute approximate surface area is 121 Å². The summed E-state index contributed by atoms with van der Waals surface area (Å²) < 4.78 is 0. The number of thioether (sulfide) groups is 2. The van der Waals surface area contributed by atoms with Crippen LogP contribution in [0.3, 0.4) is 0 Å². The Bertz CT molecular complexity index is 337. The molecule has 6 nitrogen and oxygen atoms in total. The highest BCUT2D eigenvalue weighted by Crippen LogP contribution is 2.20. The van der Waals surface area contributed by atoms with Crippen molar-refractivity contribution in [3.8, 4) is 0 Å². The molecule has 0 saturated carbocycles. The summed E-state index contributed by atoms with van der Waals surface area (Å²) in [5.74, 6) is 2.32. The summed E-state index contributed by atoms with van der Waals surface area (Å²) in [6.07, 6.45) is 0. The number of carboxylic acid groups (broad SMARTS) is 1. The zero-order chi connectivity index (χ0) is 13.7. The molecule has 1 unspecified atom stereocenters. The second kappa shape index (κ2) is 7.25. The third kappa shape index (κ3) is 4.19. The molecule has 2 amide bonds. The first kappa shape index (κ1) is 14.8. The highest BCUT2D eigenvalue weighted by Gasteiger charge is 2.34. The summed E-state index contributed by atoms with van der Waals surface area (Å²) >= 11 is 3.44. The Balaban J connectivity index is 1.70. The molecule has 8 heteroatoms. The Hall–Kier alpha value is -0.600. The van der Waals surface area contributed by atoms with E-state index < -0.39 is 12.0 Å². The van der Waals surface area contributed by atoms with Crippen molar-refractivity contribution in [3.05, 3.63) is 0 Å². The van der Waals surface area contributed by atoms with Crippen molar-refractivity contribution in [2.45, 2.75) is 6.04 Å². The average molecular weight is 305 g/mol. The van der Waals surface area contributed by atoms with Gasteiger partial charge in [-0.05, 0) is 0 Å². The van der Waals surface area contributed by atoms with E-state index in [1.807, 2.05) is 11.8 Å². The molecule has 19 heavy (non-hydrogen) atoms. The molecule has 0 bridgehead atoms. The predicted octanol–water partition coefficient (Wildman–Crippen LogP) is 0.204. The Morgan fingerprint density at radius 1 is 1.26 bits per heavy atom. The van der Waals surface area contributed by atoms with Crippen molar-refractivity contribution in [2.24, 2.45) is 0 Å². The van der Waals surface area contributed by atoms with Crippen molar-refractivity contribution in [1.82, 2.24) is 15.1 Å². The lowest BCUT2D eigenvalue weighted by molar-refractivity contribution is -0.140. The molecule has 0 aromatic heterocycles. The lowest BCUT2D eigenvalue weighted by Gasteiger charge is -2.27. The molecule has 0 spiro atoms. The van der Waals surface area contributed by atoms with Gasteiger partial charge in [-0.15, -0.1) is 11.8 Å². The second-order valence-electron chi connectivity index (χ2n) is 4.51. The number of urea groups is 1. The minimum atomic E-state index is -0.923. The SMILES string of the molecule is O=C(O)C1CSCN1C(=O)NCCN1CCSCC1. The Kier molecular flexibility index (Phi) is 5.65. The van der Waals surface area contributed by atoms with Crippen LogP contribution in [-0.2, 0) is 4.79 Å². The summed E-state index contributed by atoms with van der Waals surface area (Å²) in [6.45, 7) is 3.55. The van der Waals surface area contributed by atoms with E-state index in [0.29, 0.717) is 18.2 Å². The monoisotopic (exact) mass is 305 g/mol. The molecule has 108 valence electrons. The van der Waals surface area contributed by atoms with Gasteiger partial charge in [-0.25, -0.2) is 9.59 Å². The number of carboxylic acids is 1. The van der Waals surface area contributed by atoms with Crippen LogP contribution in [0.1, 0.15) is 0 Å². The van der Waals surface area contributed by atoms with E-state index in [4.69, 9.17) is 5.11 Å². The maximum atomic E-state index is 11.9. The highest BCUT2D eigenvalue weighted by molar-refractivity contribution is 7.99. The minimum Gasteiger partial charge on any atom is -0.480 e. The largest absolute Gasteiger partial charge is 0.480 e. The minimum absolute atomic E-state index is 0.260. The number of amides is 2. The number of hydrogen-bond donors (Lipinski definition) is 2. The molecular formula is C11H19N3O3S2. The Morgan fingerprint density at radius 3 is 2.68 bits per heavy atom. The maximum absolute atomic E-state index is 11.9. The summed E-state index contributed by atoms with van der Waals surface area (Å²) in [5.41, 5.74) is 0. The first-order valence-corrected chi connectivity index (χ1v) is 8.64. The lowest BCUT2D eigenvalue weighted by atomic mass is 10.3. The van der Waals surface area contributed by atoms with Gasteiger partial charge in [0.2, 0.25) is 0 Å². The van der Waals surface area contributed by atoms with Gasteiger partial charge in [0.15, 0.2) is 0 Å². The van der Waals surface area contributed by atoms with Gasteiger partial charge in [-0.3, -0.25) is 4.90 Å². The van der Waals surface area contributed by atoms with E-state index in [1.165, 1.54) is 16.7 Å². The number of carbonyl (C=O) groups is 2. The van der Waals surface area contributed by atoms with Gasteiger partial charge in [0.1, 0.15) is 6.04 Å². The molecule has 2 fully saturated rings. The van der Waals surface area contributed by atoms with Crippen LogP contribution in [0.25, 0.3) is 0 Å². The summed E-state index contributed by atoms with van der Waals surface area (Å²) in [4.78, 5) is 26.6. The van der Waals surface area contributed by atoms with Gasteiger partial charge in [0.25, 0.3) is 0 Å². The number of rotatable bonds is 4. The molecular weight excluding hydrogens is 286 g/mol. The van der Waals surface area contributed by atoms with Crippen molar-refractivity contribution < 1.29 is 14.7 Å². The van der Waals surface area contributed by atoms with E-state index in [1.54, 1.807) is 0 Å². The lowest BCUT2D eigenvalue weighted by Crippen LogP contribution is -2.48.